The van der Waals surface area contributed by atoms with Crippen LogP contribution in [-0.4, -0.2) is 30.4 Å². The molecule has 0 spiro atoms. The van der Waals surface area contributed by atoms with E-state index < -0.39 is 17.4 Å². The van der Waals surface area contributed by atoms with Crippen LogP contribution in [0.1, 0.15) is 17.2 Å². The summed E-state index contributed by atoms with van der Waals surface area (Å²) < 4.78 is 3.71. The predicted molar refractivity (Wildman–Crippen MR) is 122 cm³/mol. The summed E-state index contributed by atoms with van der Waals surface area (Å²) in [5.41, 5.74) is 3.57. The lowest BCUT2D eigenvalue weighted by molar-refractivity contribution is 0.158. The van der Waals surface area contributed by atoms with E-state index in [2.05, 4.69) is 36.4 Å². The van der Waals surface area contributed by atoms with Gasteiger partial charge in [-0.3, -0.25) is 18.9 Å². The van der Waals surface area contributed by atoms with Gasteiger partial charge in [0.2, 0.25) is 5.95 Å². The van der Waals surface area contributed by atoms with Crippen LogP contribution in [0.3, 0.4) is 0 Å². The first-order valence-corrected chi connectivity index (χ1v) is 10.2. The number of hydrazone groups is 1. The van der Waals surface area contributed by atoms with Gasteiger partial charge >= 0.3 is 5.69 Å². The van der Waals surface area contributed by atoms with Crippen molar-refractivity contribution in [3.05, 3.63) is 91.0 Å². The molecule has 2 aromatic heterocycles. The van der Waals surface area contributed by atoms with Gasteiger partial charge in [0.25, 0.3) is 5.56 Å². The molecule has 31 heavy (non-hydrogen) atoms. The van der Waals surface area contributed by atoms with Crippen molar-refractivity contribution in [3.63, 3.8) is 0 Å². The topological polar surface area (TPSA) is 117 Å². The number of aromatic nitrogens is 4. The molecule has 1 atom stereocenters. The Labute approximate surface area is 184 Å². The summed E-state index contributed by atoms with van der Waals surface area (Å²) in [7, 11) is 1.51. The molecule has 0 aliphatic carbocycles. The normalized spacial score (nSPS) is 12.5. The summed E-state index contributed by atoms with van der Waals surface area (Å²) in [4.78, 5) is 31.2. The number of nitrogens with zero attached hydrogens (tertiary/aromatic N) is 4. The van der Waals surface area contributed by atoms with E-state index in [1.165, 1.54) is 16.2 Å². The van der Waals surface area contributed by atoms with Crippen LogP contribution in [0.25, 0.3) is 11.2 Å². The molecule has 0 saturated carbocycles. The molecule has 2 heterocycles. The number of anilines is 1. The number of aryl methyl sites for hydroxylation is 1. The fourth-order valence-electron chi connectivity index (χ4n) is 3.16. The van der Waals surface area contributed by atoms with Crippen molar-refractivity contribution < 1.29 is 5.11 Å². The number of nitrogens with one attached hydrogen (secondary N) is 2. The van der Waals surface area contributed by atoms with Crippen molar-refractivity contribution in [3.8, 4) is 0 Å². The number of aliphatic hydroxyl groups is 1. The van der Waals surface area contributed by atoms with Crippen molar-refractivity contribution in [2.24, 2.45) is 12.1 Å². The molecule has 0 bridgehead atoms. The summed E-state index contributed by atoms with van der Waals surface area (Å²) in [6, 6.07) is 16.6. The third-order valence-electron chi connectivity index (χ3n) is 4.80. The summed E-state index contributed by atoms with van der Waals surface area (Å²) in [5.74, 6) is 0.227. The molecule has 158 valence electrons. The van der Waals surface area contributed by atoms with Crippen LogP contribution in [0, 0.1) is 0 Å². The van der Waals surface area contributed by atoms with Crippen molar-refractivity contribution in [2.45, 2.75) is 12.6 Å². The molecular formula is C21H19BrN6O3. The molecule has 4 aromatic rings. The van der Waals surface area contributed by atoms with E-state index in [4.69, 9.17) is 0 Å². The lowest BCUT2D eigenvalue weighted by Crippen LogP contribution is -2.29. The quantitative estimate of drug-likeness (QED) is 0.288. The molecule has 1 unspecified atom stereocenters. The molecule has 0 radical (unpaired) electrons. The van der Waals surface area contributed by atoms with Crippen molar-refractivity contribution in [1.82, 2.24) is 19.1 Å². The Balaban J connectivity index is 1.74. The van der Waals surface area contributed by atoms with E-state index in [1.54, 1.807) is 18.3 Å². The number of hydrogen-bond donors (Lipinski definition) is 3. The lowest BCUT2D eigenvalue weighted by Gasteiger charge is -2.14. The molecule has 10 heteroatoms. The van der Waals surface area contributed by atoms with E-state index in [1.807, 2.05) is 42.5 Å². The highest BCUT2D eigenvalue weighted by Gasteiger charge is 2.20. The monoisotopic (exact) mass is 482 g/mol. The molecule has 2 aromatic carbocycles. The van der Waals surface area contributed by atoms with E-state index in [9.17, 15) is 14.7 Å². The number of H-pyrrole nitrogens is 1. The number of aliphatic hydroxyl groups excluding tert-OH is 1. The van der Waals surface area contributed by atoms with Crippen LogP contribution >= 0.6 is 15.9 Å². The third-order valence-corrected chi connectivity index (χ3v) is 5.32. The van der Waals surface area contributed by atoms with Gasteiger partial charge in [0.15, 0.2) is 11.2 Å². The zero-order chi connectivity index (χ0) is 22.0. The van der Waals surface area contributed by atoms with E-state index in [0.29, 0.717) is 5.56 Å². The second kappa shape index (κ2) is 8.70. The second-order valence-corrected chi connectivity index (χ2v) is 7.80. The average Bonchev–Trinajstić information content (AvgIpc) is 3.13. The third kappa shape index (κ3) is 4.35. The fraction of sp³-hybridized carbons (Fsp3) is 0.143. The van der Waals surface area contributed by atoms with Crippen LogP contribution in [0.2, 0.25) is 0 Å². The minimum Gasteiger partial charge on any atom is -0.387 e. The van der Waals surface area contributed by atoms with Gasteiger partial charge in [-0.25, -0.2) is 10.2 Å². The van der Waals surface area contributed by atoms with Gasteiger partial charge in [-0.05, 0) is 23.3 Å². The maximum atomic E-state index is 12.5. The van der Waals surface area contributed by atoms with Gasteiger partial charge in [-0.1, -0.05) is 58.4 Å². The van der Waals surface area contributed by atoms with Gasteiger partial charge < -0.3 is 5.11 Å². The molecule has 0 aliphatic rings. The Morgan fingerprint density at radius 3 is 2.61 bits per heavy atom. The van der Waals surface area contributed by atoms with Gasteiger partial charge in [0.1, 0.15) is 0 Å². The minimum absolute atomic E-state index is 0.0396. The number of halogens is 1. The fourth-order valence-corrected chi connectivity index (χ4v) is 3.43. The van der Waals surface area contributed by atoms with Crippen LogP contribution in [0.15, 0.2) is 73.8 Å². The number of imidazole rings is 1. The number of aromatic amines is 1. The summed E-state index contributed by atoms with van der Waals surface area (Å²) in [6.07, 6.45) is 0.707. The predicted octanol–water partition coefficient (Wildman–Crippen LogP) is 2.37. The first-order chi connectivity index (χ1) is 14.9. The van der Waals surface area contributed by atoms with Crippen molar-refractivity contribution in [2.75, 3.05) is 5.43 Å². The molecule has 0 saturated heterocycles. The minimum atomic E-state index is -0.897. The van der Waals surface area contributed by atoms with E-state index >= 15 is 0 Å². The zero-order valence-corrected chi connectivity index (χ0v) is 18.1. The SMILES string of the molecule is Cn1c(=O)[nH]c(=O)c2c1nc(NN=Cc1ccc(Br)cc1)n2CC(O)c1ccccc1. The molecule has 0 aliphatic heterocycles. The van der Waals surface area contributed by atoms with Crippen molar-refractivity contribution >= 4 is 39.3 Å². The Kier molecular flexibility index (Phi) is 5.83. The van der Waals surface area contributed by atoms with E-state index in [0.717, 1.165) is 10.0 Å². The Morgan fingerprint density at radius 2 is 1.90 bits per heavy atom. The first-order valence-electron chi connectivity index (χ1n) is 9.41. The Hall–Kier alpha value is -3.50. The summed E-state index contributed by atoms with van der Waals surface area (Å²) in [6.45, 7) is 0.0396. The number of hydrogen-bond acceptors (Lipinski definition) is 6. The van der Waals surface area contributed by atoms with E-state index in [-0.39, 0.29) is 23.7 Å². The highest BCUT2D eigenvalue weighted by atomic mass is 79.9. The van der Waals surface area contributed by atoms with Gasteiger partial charge in [-0.2, -0.15) is 10.1 Å². The van der Waals surface area contributed by atoms with Crippen LogP contribution in [0.5, 0.6) is 0 Å². The largest absolute Gasteiger partial charge is 0.387 e. The Morgan fingerprint density at radius 1 is 1.19 bits per heavy atom. The number of fused-ring (bicyclic) bond motifs is 1. The lowest BCUT2D eigenvalue weighted by atomic mass is 10.1. The standard InChI is InChI=1S/C21H19BrN6O3/c1-27-18-17(19(30)25-21(27)31)28(12-16(29)14-5-3-2-4-6-14)20(24-18)26-23-11-13-7-9-15(22)10-8-13/h2-11,16,29H,12H2,1H3,(H,24,26)(H,25,30,31). The van der Waals surface area contributed by atoms with Gasteiger partial charge in [-0.15, -0.1) is 0 Å². The molecule has 3 N–H and O–H groups in total. The zero-order valence-electron chi connectivity index (χ0n) is 16.5. The molecule has 4 rings (SSSR count). The van der Waals surface area contributed by atoms with Crippen molar-refractivity contribution in [1.29, 1.82) is 0 Å². The molecular weight excluding hydrogens is 464 g/mol. The smallest absolute Gasteiger partial charge is 0.329 e. The maximum Gasteiger partial charge on any atom is 0.329 e. The molecule has 0 amide bonds. The van der Waals surface area contributed by atoms with Crippen LogP contribution in [0.4, 0.5) is 5.95 Å². The number of rotatable bonds is 6. The second-order valence-electron chi connectivity index (χ2n) is 6.88. The summed E-state index contributed by atoms with van der Waals surface area (Å²) in [5, 5.41) is 14.9. The summed E-state index contributed by atoms with van der Waals surface area (Å²) >= 11 is 3.38. The first kappa shape index (κ1) is 20.8. The highest BCUT2D eigenvalue weighted by Crippen LogP contribution is 2.21. The van der Waals surface area contributed by atoms with Crippen LogP contribution in [-0.2, 0) is 13.6 Å². The molecule has 9 nitrogen and oxygen atoms in total. The Bertz CT molecular complexity index is 1360. The van der Waals surface area contributed by atoms with Gasteiger partial charge in [0, 0.05) is 11.5 Å². The average molecular weight is 483 g/mol. The number of benzene rings is 2. The maximum absolute atomic E-state index is 12.5. The molecule has 0 fully saturated rings. The van der Waals surface area contributed by atoms with Crippen LogP contribution < -0.4 is 16.7 Å². The highest BCUT2D eigenvalue weighted by molar-refractivity contribution is 9.10. The van der Waals surface area contributed by atoms with Gasteiger partial charge in [0.05, 0.1) is 18.9 Å².